The summed E-state index contributed by atoms with van der Waals surface area (Å²) in [5, 5.41) is 11.1. The molecule has 3 aromatic rings. The van der Waals surface area contributed by atoms with Crippen LogP contribution in [-0.4, -0.2) is 38.5 Å². The van der Waals surface area contributed by atoms with E-state index in [4.69, 9.17) is 34.8 Å². The molecule has 7 rings (SSSR count). The van der Waals surface area contributed by atoms with E-state index in [-0.39, 0.29) is 51.4 Å². The Balaban J connectivity index is 1.39. The number of carbonyl (C=O) groups excluding carboxylic acids is 4. The number of phenols is 1. The fourth-order valence-corrected chi connectivity index (χ4v) is 8.93. The van der Waals surface area contributed by atoms with Crippen molar-refractivity contribution >= 4 is 69.8 Å². The van der Waals surface area contributed by atoms with Crippen molar-refractivity contribution < 1.29 is 55.0 Å². The minimum atomic E-state index is -5.28. The fraction of sp³-hybridized carbons (Fsp3) is 0.294. The standard InChI is InChI=1S/C34H20Cl3F7N2O5/c35-16-1-8-24(47)22(12-16)26-20-6-7-21-25(28(49)45(27(21)48)19-10-14(33(39,40)41)9-15(11-19)34(42,43)44)23(20)13-31(36)29(50)46(30(51)32(26,31)37)18-4-2-17(38)3-5-18/h1-6,8-12,21,23,25-26,47H,7,13H2/t21-,23+,25-,26+,31+,32-/m0/s1. The molecule has 0 spiro atoms. The zero-order valence-corrected chi connectivity index (χ0v) is 27.6. The number of hydrogen-bond acceptors (Lipinski definition) is 5. The molecular weight excluding hydrogens is 756 g/mol. The third-order valence-corrected chi connectivity index (χ3v) is 11.7. The Kier molecular flexibility index (Phi) is 7.90. The largest absolute Gasteiger partial charge is 0.508 e. The van der Waals surface area contributed by atoms with Crippen molar-refractivity contribution in [2.24, 2.45) is 17.8 Å². The smallest absolute Gasteiger partial charge is 0.416 e. The highest BCUT2D eigenvalue weighted by Gasteiger charge is 2.77. The summed E-state index contributed by atoms with van der Waals surface area (Å²) in [6.45, 7) is 0. The predicted octanol–water partition coefficient (Wildman–Crippen LogP) is 7.99. The van der Waals surface area contributed by atoms with Gasteiger partial charge in [0.05, 0.1) is 34.3 Å². The van der Waals surface area contributed by atoms with Gasteiger partial charge >= 0.3 is 12.4 Å². The predicted molar refractivity (Wildman–Crippen MR) is 169 cm³/mol. The first kappa shape index (κ1) is 35.3. The summed E-state index contributed by atoms with van der Waals surface area (Å²) in [5.41, 5.74) is -4.53. The number of benzene rings is 3. The summed E-state index contributed by atoms with van der Waals surface area (Å²) in [5.74, 6) is -11.2. The Morgan fingerprint density at radius 2 is 1.35 bits per heavy atom. The second-order valence-corrected chi connectivity index (χ2v) is 14.4. The number of alkyl halides is 8. The molecule has 2 aliphatic heterocycles. The zero-order chi connectivity index (χ0) is 37.2. The lowest BCUT2D eigenvalue weighted by molar-refractivity contribution is -0.143. The average Bonchev–Trinajstić information content (AvgIpc) is 3.39. The molecule has 0 bridgehead atoms. The van der Waals surface area contributed by atoms with Crippen LogP contribution in [0.1, 0.15) is 35.4 Å². The first-order valence-corrected chi connectivity index (χ1v) is 16.2. The number of anilines is 2. The Morgan fingerprint density at radius 3 is 1.94 bits per heavy atom. The number of amides is 4. The van der Waals surface area contributed by atoms with Crippen molar-refractivity contribution in [3.05, 3.63) is 99.8 Å². The van der Waals surface area contributed by atoms with E-state index in [9.17, 15) is 55.0 Å². The first-order valence-electron chi connectivity index (χ1n) is 15.1. The molecule has 4 aliphatic rings. The molecule has 17 heteroatoms. The Hall–Kier alpha value is -4.14. The minimum Gasteiger partial charge on any atom is -0.508 e. The third-order valence-electron chi connectivity index (χ3n) is 10.0. The second kappa shape index (κ2) is 11.4. The summed E-state index contributed by atoms with van der Waals surface area (Å²) >= 11 is 20.7. The molecule has 0 aromatic heterocycles. The maximum Gasteiger partial charge on any atom is 0.416 e. The monoisotopic (exact) mass is 774 g/mol. The summed E-state index contributed by atoms with van der Waals surface area (Å²) in [7, 11) is 0. The van der Waals surface area contributed by atoms with Gasteiger partial charge in [-0.15, -0.1) is 23.2 Å². The van der Waals surface area contributed by atoms with Gasteiger partial charge in [-0.3, -0.25) is 19.2 Å². The summed E-state index contributed by atoms with van der Waals surface area (Å²) < 4.78 is 96.3. The van der Waals surface area contributed by atoms with Crippen LogP contribution < -0.4 is 9.80 Å². The molecule has 4 amide bonds. The summed E-state index contributed by atoms with van der Waals surface area (Å²) in [6.07, 6.45) is -10.0. The van der Waals surface area contributed by atoms with Crippen molar-refractivity contribution in [2.45, 2.75) is 40.9 Å². The Morgan fingerprint density at radius 1 is 0.745 bits per heavy atom. The molecule has 0 radical (unpaired) electrons. The molecular formula is C34H20Cl3F7N2O5. The van der Waals surface area contributed by atoms with Crippen LogP contribution in [0.15, 0.2) is 72.3 Å². The lowest BCUT2D eigenvalue weighted by atomic mass is 9.56. The first-order chi connectivity index (χ1) is 23.7. The van der Waals surface area contributed by atoms with Gasteiger partial charge in [-0.25, -0.2) is 14.2 Å². The Labute approximate surface area is 298 Å². The van der Waals surface area contributed by atoms with Crippen LogP contribution in [-0.2, 0) is 31.5 Å². The average molecular weight is 776 g/mol. The molecule has 266 valence electrons. The van der Waals surface area contributed by atoms with E-state index in [1.54, 1.807) is 0 Å². The van der Waals surface area contributed by atoms with Gasteiger partial charge in [-0.05, 0) is 79.4 Å². The van der Waals surface area contributed by atoms with E-state index >= 15 is 0 Å². The van der Waals surface area contributed by atoms with Crippen molar-refractivity contribution in [1.82, 2.24) is 0 Å². The highest BCUT2D eigenvalue weighted by Crippen LogP contribution is 2.66. The van der Waals surface area contributed by atoms with Crippen molar-refractivity contribution in [1.29, 1.82) is 0 Å². The van der Waals surface area contributed by atoms with Crippen LogP contribution >= 0.6 is 34.8 Å². The minimum absolute atomic E-state index is 0.0510. The van der Waals surface area contributed by atoms with Crippen LogP contribution in [0, 0.1) is 23.6 Å². The maximum absolute atomic E-state index is 14.4. The van der Waals surface area contributed by atoms with Crippen LogP contribution in [0.25, 0.3) is 0 Å². The molecule has 3 aromatic carbocycles. The summed E-state index contributed by atoms with van der Waals surface area (Å²) in [6, 6.07) is 8.33. The zero-order valence-electron chi connectivity index (χ0n) is 25.3. The van der Waals surface area contributed by atoms with Crippen LogP contribution in [0.3, 0.4) is 0 Å². The van der Waals surface area contributed by atoms with Crippen LogP contribution in [0.2, 0.25) is 5.02 Å². The number of allylic oxidation sites excluding steroid dienone is 2. The van der Waals surface area contributed by atoms with Crippen molar-refractivity contribution in [3.8, 4) is 5.75 Å². The molecule has 2 heterocycles. The molecule has 0 unspecified atom stereocenters. The number of nitrogens with zero attached hydrogens (tertiary/aromatic N) is 2. The van der Waals surface area contributed by atoms with Crippen LogP contribution in [0.4, 0.5) is 42.1 Å². The number of imide groups is 2. The highest BCUT2D eigenvalue weighted by atomic mass is 35.5. The maximum atomic E-state index is 14.4. The topological polar surface area (TPSA) is 95.0 Å². The van der Waals surface area contributed by atoms with Gasteiger partial charge in [0.15, 0.2) is 9.75 Å². The Bertz CT molecular complexity index is 2060. The molecule has 3 fully saturated rings. The molecule has 1 N–H and O–H groups in total. The number of halogens is 10. The van der Waals surface area contributed by atoms with Gasteiger partial charge in [0.1, 0.15) is 11.6 Å². The van der Waals surface area contributed by atoms with E-state index in [0.717, 1.165) is 24.3 Å². The van der Waals surface area contributed by atoms with Crippen molar-refractivity contribution in [3.63, 3.8) is 0 Å². The molecule has 6 atom stereocenters. The van der Waals surface area contributed by atoms with E-state index < -0.39 is 104 Å². The van der Waals surface area contributed by atoms with Gasteiger partial charge < -0.3 is 5.11 Å². The third kappa shape index (κ3) is 5.07. The quantitative estimate of drug-likeness (QED) is 0.126. The second-order valence-electron chi connectivity index (χ2n) is 12.7. The number of rotatable bonds is 3. The van der Waals surface area contributed by atoms with Gasteiger partial charge in [0.25, 0.3) is 11.8 Å². The van der Waals surface area contributed by atoms with Gasteiger partial charge in [-0.1, -0.05) is 23.3 Å². The summed E-state index contributed by atoms with van der Waals surface area (Å²) in [4.78, 5) is 52.6. The molecule has 7 nitrogen and oxygen atoms in total. The molecule has 51 heavy (non-hydrogen) atoms. The molecule has 1 saturated carbocycles. The van der Waals surface area contributed by atoms with Gasteiger partial charge in [-0.2, -0.15) is 26.3 Å². The van der Waals surface area contributed by atoms with Crippen LogP contribution in [0.5, 0.6) is 5.75 Å². The number of phenolic OH excluding ortho intramolecular Hbond substituents is 1. The number of aromatic hydroxyl groups is 1. The normalized spacial score (nSPS) is 29.3. The SMILES string of the molecule is O=C1[C@H]2[C@H](CC=C3[C@H]2C[C@@]2(Cl)C(=O)N(c4ccc(F)cc4)C(=O)[C@@]2(Cl)[C@H]3c2cc(Cl)ccc2O)C(=O)N1c1cc(C(F)(F)F)cc(C(F)(F)F)c1. The van der Waals surface area contributed by atoms with E-state index in [0.29, 0.717) is 4.90 Å². The number of hydrogen-bond donors (Lipinski definition) is 1. The lowest BCUT2D eigenvalue weighted by Gasteiger charge is -2.50. The van der Waals surface area contributed by atoms with E-state index in [2.05, 4.69) is 0 Å². The van der Waals surface area contributed by atoms with Gasteiger partial charge in [0.2, 0.25) is 11.8 Å². The number of carbonyl (C=O) groups is 4. The van der Waals surface area contributed by atoms with E-state index in [1.807, 2.05) is 0 Å². The van der Waals surface area contributed by atoms with Crippen molar-refractivity contribution in [2.75, 3.05) is 9.80 Å². The van der Waals surface area contributed by atoms with Gasteiger partial charge in [0, 0.05) is 16.5 Å². The molecule has 2 aliphatic carbocycles. The number of fused-ring (bicyclic) bond motifs is 4. The molecule has 2 saturated heterocycles. The lowest BCUT2D eigenvalue weighted by Crippen LogP contribution is -2.60. The fourth-order valence-electron chi connectivity index (χ4n) is 7.82. The van der Waals surface area contributed by atoms with E-state index in [1.165, 1.54) is 24.3 Å². The highest BCUT2D eigenvalue weighted by molar-refractivity contribution is 6.58.